The summed E-state index contributed by atoms with van der Waals surface area (Å²) in [7, 11) is -2.84. The third-order valence-electron chi connectivity index (χ3n) is 2.25. The molecule has 0 aliphatic heterocycles. The fraction of sp³-hybridized carbons (Fsp3) is 0.500. The molecule has 8 heteroatoms. The second-order valence-corrected chi connectivity index (χ2v) is 7.09. The first-order valence-electron chi connectivity index (χ1n) is 5.48. The number of hydrogen-bond acceptors (Lipinski definition) is 5. The molecule has 6 nitrogen and oxygen atoms in total. The van der Waals surface area contributed by atoms with Gasteiger partial charge in [0.2, 0.25) is 10.0 Å². The van der Waals surface area contributed by atoms with Gasteiger partial charge in [-0.3, -0.25) is 4.21 Å². The molecular formula is C10H17N3O3S2. The fourth-order valence-corrected chi connectivity index (χ4v) is 2.93. The number of nitrogens with one attached hydrogen (secondary N) is 2. The van der Waals surface area contributed by atoms with Crippen molar-refractivity contribution >= 4 is 26.6 Å². The number of pyridine rings is 1. The van der Waals surface area contributed by atoms with E-state index in [9.17, 15) is 12.6 Å². The molecule has 0 spiro atoms. The van der Waals surface area contributed by atoms with E-state index in [0.29, 0.717) is 17.3 Å². The van der Waals surface area contributed by atoms with Gasteiger partial charge in [0, 0.05) is 42.1 Å². The lowest BCUT2D eigenvalue weighted by Crippen LogP contribution is -2.28. The number of aromatic nitrogens is 1. The Labute approximate surface area is 110 Å². The third kappa shape index (κ3) is 4.35. The highest BCUT2D eigenvalue weighted by atomic mass is 32.2. The van der Waals surface area contributed by atoms with Gasteiger partial charge in [-0.05, 0) is 12.1 Å². The van der Waals surface area contributed by atoms with Gasteiger partial charge < -0.3 is 5.32 Å². The molecule has 0 aliphatic carbocycles. The van der Waals surface area contributed by atoms with Gasteiger partial charge >= 0.3 is 0 Å². The lowest BCUT2D eigenvalue weighted by Gasteiger charge is -2.06. The molecule has 0 fully saturated rings. The Bertz CT molecular complexity index is 500. The lowest BCUT2D eigenvalue weighted by molar-refractivity contribution is 0.583. The molecule has 18 heavy (non-hydrogen) atoms. The topological polar surface area (TPSA) is 88.2 Å². The molecule has 0 aromatic carbocycles. The van der Waals surface area contributed by atoms with Gasteiger partial charge in [0.05, 0.1) is 0 Å². The molecule has 1 aromatic heterocycles. The molecule has 1 aromatic rings. The SMILES string of the molecule is CCS(=O)CCNS(=O)(=O)c1ccc(NC)nc1. The van der Waals surface area contributed by atoms with Crippen LogP contribution in [0.2, 0.25) is 0 Å². The third-order valence-corrected chi connectivity index (χ3v) is 5.00. The molecule has 1 atom stereocenters. The maximum absolute atomic E-state index is 11.8. The van der Waals surface area contributed by atoms with E-state index in [-0.39, 0.29) is 11.4 Å². The van der Waals surface area contributed by atoms with Crippen LogP contribution >= 0.6 is 0 Å². The van der Waals surface area contributed by atoms with Crippen molar-refractivity contribution in [3.63, 3.8) is 0 Å². The van der Waals surface area contributed by atoms with Gasteiger partial charge in [-0.25, -0.2) is 18.1 Å². The molecule has 0 aliphatic rings. The van der Waals surface area contributed by atoms with Crippen molar-refractivity contribution < 1.29 is 12.6 Å². The molecule has 0 radical (unpaired) electrons. The van der Waals surface area contributed by atoms with Gasteiger partial charge in [0.25, 0.3) is 0 Å². The number of nitrogens with zero attached hydrogens (tertiary/aromatic N) is 1. The smallest absolute Gasteiger partial charge is 0.242 e. The summed E-state index contributed by atoms with van der Waals surface area (Å²) in [4.78, 5) is 4.03. The van der Waals surface area contributed by atoms with E-state index in [1.54, 1.807) is 20.0 Å². The van der Waals surface area contributed by atoms with Gasteiger partial charge in [-0.15, -0.1) is 0 Å². The van der Waals surface area contributed by atoms with Gasteiger partial charge in [0.1, 0.15) is 10.7 Å². The normalized spacial score (nSPS) is 13.2. The van der Waals surface area contributed by atoms with Crippen molar-refractivity contribution in [2.45, 2.75) is 11.8 Å². The molecule has 1 rings (SSSR count). The van der Waals surface area contributed by atoms with E-state index >= 15 is 0 Å². The van der Waals surface area contributed by atoms with Crippen LogP contribution in [0, 0.1) is 0 Å². The number of anilines is 1. The highest BCUT2D eigenvalue weighted by Crippen LogP contribution is 2.09. The predicted molar refractivity (Wildman–Crippen MR) is 72.5 cm³/mol. The van der Waals surface area contributed by atoms with Crippen molar-refractivity contribution in [1.82, 2.24) is 9.71 Å². The van der Waals surface area contributed by atoms with E-state index in [1.807, 2.05) is 0 Å². The van der Waals surface area contributed by atoms with Crippen LogP contribution < -0.4 is 10.0 Å². The molecule has 0 saturated heterocycles. The minimum atomic E-state index is -3.56. The second kappa shape index (κ2) is 6.81. The summed E-state index contributed by atoms with van der Waals surface area (Å²) in [5.74, 6) is 1.44. The van der Waals surface area contributed by atoms with Gasteiger partial charge in [0.15, 0.2) is 0 Å². The summed E-state index contributed by atoms with van der Waals surface area (Å²) < 4.78 is 37.2. The predicted octanol–water partition coefficient (Wildman–Crippen LogP) is 0.170. The van der Waals surface area contributed by atoms with Crippen molar-refractivity contribution in [2.24, 2.45) is 0 Å². The Balaban J connectivity index is 2.65. The summed E-state index contributed by atoms with van der Waals surface area (Å²) in [5.41, 5.74) is 0. The van der Waals surface area contributed by atoms with Crippen LogP contribution in [0.4, 0.5) is 5.82 Å². The highest BCUT2D eigenvalue weighted by Gasteiger charge is 2.14. The molecule has 0 amide bonds. The summed E-state index contributed by atoms with van der Waals surface area (Å²) in [6.45, 7) is 1.96. The Hall–Kier alpha value is -0.990. The molecule has 2 N–H and O–H groups in total. The molecule has 1 unspecified atom stereocenters. The van der Waals surface area contributed by atoms with Crippen LogP contribution in [0.15, 0.2) is 23.2 Å². The van der Waals surface area contributed by atoms with Crippen molar-refractivity contribution in [3.8, 4) is 0 Å². The van der Waals surface area contributed by atoms with Crippen LogP contribution in [-0.4, -0.2) is 42.7 Å². The monoisotopic (exact) mass is 291 g/mol. The lowest BCUT2D eigenvalue weighted by atomic mass is 10.5. The summed E-state index contributed by atoms with van der Waals surface area (Å²) >= 11 is 0. The zero-order valence-electron chi connectivity index (χ0n) is 10.3. The Morgan fingerprint density at radius 2 is 2.11 bits per heavy atom. The van der Waals surface area contributed by atoms with Crippen molar-refractivity contribution in [1.29, 1.82) is 0 Å². The van der Waals surface area contributed by atoms with E-state index in [0.717, 1.165) is 0 Å². The number of sulfonamides is 1. The molecule has 102 valence electrons. The van der Waals surface area contributed by atoms with Gasteiger partial charge in [-0.1, -0.05) is 6.92 Å². The quantitative estimate of drug-likeness (QED) is 0.747. The van der Waals surface area contributed by atoms with E-state index in [2.05, 4.69) is 15.0 Å². The summed E-state index contributed by atoms with van der Waals surface area (Å²) in [5, 5.41) is 2.80. The zero-order valence-corrected chi connectivity index (χ0v) is 12.0. The van der Waals surface area contributed by atoms with Crippen LogP contribution in [0.25, 0.3) is 0 Å². The second-order valence-electron chi connectivity index (χ2n) is 3.46. The van der Waals surface area contributed by atoms with E-state index in [1.165, 1.54) is 12.3 Å². The van der Waals surface area contributed by atoms with Gasteiger partial charge in [-0.2, -0.15) is 0 Å². The Morgan fingerprint density at radius 1 is 1.39 bits per heavy atom. The maximum atomic E-state index is 11.8. The van der Waals surface area contributed by atoms with Crippen LogP contribution in [0.5, 0.6) is 0 Å². The summed E-state index contributed by atoms with van der Waals surface area (Å²) in [6, 6.07) is 3.05. The standard InChI is InChI=1S/C10H17N3O3S2/c1-3-17(14)7-6-13-18(15,16)9-4-5-10(11-2)12-8-9/h4-5,8,13H,3,6-7H2,1-2H3,(H,11,12). The van der Waals surface area contributed by atoms with Crippen LogP contribution in [0.3, 0.4) is 0 Å². The molecule has 0 bridgehead atoms. The Kier molecular flexibility index (Phi) is 5.70. The summed E-state index contributed by atoms with van der Waals surface area (Å²) in [6.07, 6.45) is 1.28. The minimum absolute atomic E-state index is 0.101. The van der Waals surface area contributed by atoms with Crippen molar-refractivity contribution in [2.75, 3.05) is 30.4 Å². The van der Waals surface area contributed by atoms with E-state index < -0.39 is 20.8 Å². The average Bonchev–Trinajstić information content (AvgIpc) is 2.38. The fourth-order valence-electron chi connectivity index (χ4n) is 1.20. The molecule has 0 saturated carbocycles. The average molecular weight is 291 g/mol. The molecule has 1 heterocycles. The number of hydrogen-bond donors (Lipinski definition) is 2. The first-order chi connectivity index (χ1) is 8.49. The van der Waals surface area contributed by atoms with Crippen LogP contribution in [-0.2, 0) is 20.8 Å². The van der Waals surface area contributed by atoms with Crippen LogP contribution in [0.1, 0.15) is 6.92 Å². The maximum Gasteiger partial charge on any atom is 0.242 e. The largest absolute Gasteiger partial charge is 0.373 e. The highest BCUT2D eigenvalue weighted by molar-refractivity contribution is 7.89. The number of rotatable bonds is 7. The first kappa shape index (κ1) is 15.1. The zero-order chi connectivity index (χ0) is 13.6. The minimum Gasteiger partial charge on any atom is -0.373 e. The van der Waals surface area contributed by atoms with Crippen molar-refractivity contribution in [3.05, 3.63) is 18.3 Å². The Morgan fingerprint density at radius 3 is 2.61 bits per heavy atom. The van der Waals surface area contributed by atoms with E-state index in [4.69, 9.17) is 0 Å². The molecular weight excluding hydrogens is 274 g/mol. The first-order valence-corrected chi connectivity index (χ1v) is 8.45.